The van der Waals surface area contributed by atoms with Gasteiger partial charge in [-0.1, -0.05) is 38.8 Å². The summed E-state index contributed by atoms with van der Waals surface area (Å²) in [5.74, 6) is 1.45. The van der Waals surface area contributed by atoms with Gasteiger partial charge in [0, 0.05) is 18.2 Å². The average molecular weight is 542 g/mol. The van der Waals surface area contributed by atoms with Crippen LogP contribution in [0.4, 0.5) is 11.8 Å². The second kappa shape index (κ2) is 12.0. The van der Waals surface area contributed by atoms with Crippen LogP contribution in [-0.2, 0) is 30.2 Å². The Morgan fingerprint density at radius 3 is 2.51 bits per heavy atom. The van der Waals surface area contributed by atoms with Crippen LogP contribution >= 0.6 is 0 Å². The molecular formula is C26H35N7O6. The number of fused-ring (bicyclic) bond motifs is 1. The quantitative estimate of drug-likeness (QED) is 0.303. The smallest absolute Gasteiger partial charge is 0.293 e. The Hall–Kier alpha value is -3.74. The normalized spacial score (nSPS) is 23.4. The van der Waals surface area contributed by atoms with Crippen LogP contribution in [0.3, 0.4) is 0 Å². The lowest BCUT2D eigenvalue weighted by Crippen LogP contribution is -2.34. The van der Waals surface area contributed by atoms with Crippen LogP contribution in [0.2, 0.25) is 0 Å². The van der Waals surface area contributed by atoms with Crippen molar-refractivity contribution in [2.45, 2.75) is 102 Å². The van der Waals surface area contributed by atoms with Gasteiger partial charge in [-0.25, -0.2) is 4.98 Å². The molecule has 210 valence electrons. The maximum absolute atomic E-state index is 11.5. The van der Waals surface area contributed by atoms with Crippen LogP contribution in [0.25, 0.3) is 11.2 Å². The van der Waals surface area contributed by atoms with Gasteiger partial charge in [-0.15, -0.1) is 0 Å². The van der Waals surface area contributed by atoms with Crippen molar-refractivity contribution < 1.29 is 28.3 Å². The lowest BCUT2D eigenvalue weighted by atomic mass is 10.1. The molecule has 13 nitrogen and oxygen atoms in total. The Morgan fingerprint density at radius 1 is 1.10 bits per heavy atom. The number of rotatable bonds is 13. The molecule has 4 heterocycles. The van der Waals surface area contributed by atoms with E-state index in [-0.39, 0.29) is 6.04 Å². The summed E-state index contributed by atoms with van der Waals surface area (Å²) in [5.41, 5.74) is 1.76. The molecule has 3 aromatic rings. The first-order chi connectivity index (χ1) is 19.1. The molecular weight excluding hydrogens is 506 g/mol. The van der Waals surface area contributed by atoms with Gasteiger partial charge in [0.25, 0.3) is 12.9 Å². The van der Waals surface area contributed by atoms with Gasteiger partial charge in [-0.2, -0.15) is 9.97 Å². The highest BCUT2D eigenvalue weighted by Gasteiger charge is 2.51. The highest BCUT2D eigenvalue weighted by Crippen LogP contribution is 2.43. The Labute approximate surface area is 226 Å². The van der Waals surface area contributed by atoms with Gasteiger partial charge >= 0.3 is 0 Å². The summed E-state index contributed by atoms with van der Waals surface area (Å²) in [6, 6.07) is 2.24. The van der Waals surface area contributed by atoms with E-state index in [0.717, 1.165) is 44.2 Å². The fourth-order valence-corrected chi connectivity index (χ4v) is 5.35. The molecule has 0 radical (unpaired) electrons. The molecule has 1 aliphatic heterocycles. The van der Waals surface area contributed by atoms with Crippen LogP contribution in [0.15, 0.2) is 16.9 Å². The molecule has 3 aromatic heterocycles. The molecule has 2 fully saturated rings. The van der Waals surface area contributed by atoms with E-state index >= 15 is 0 Å². The first-order valence-electron chi connectivity index (χ1n) is 13.7. The molecule has 0 amide bonds. The monoisotopic (exact) mass is 541 g/mol. The summed E-state index contributed by atoms with van der Waals surface area (Å²) < 4.78 is 24.3. The molecule has 0 spiro atoms. The number of imidazole rings is 1. The van der Waals surface area contributed by atoms with Crippen molar-refractivity contribution in [1.29, 1.82) is 0 Å². The third-order valence-corrected chi connectivity index (χ3v) is 7.54. The molecule has 13 heteroatoms. The van der Waals surface area contributed by atoms with Gasteiger partial charge in [0.1, 0.15) is 0 Å². The predicted molar refractivity (Wildman–Crippen MR) is 140 cm³/mol. The average Bonchev–Trinajstić information content (AvgIpc) is 3.75. The van der Waals surface area contributed by atoms with Crippen molar-refractivity contribution >= 4 is 35.9 Å². The lowest BCUT2D eigenvalue weighted by molar-refractivity contribution is -0.151. The van der Waals surface area contributed by atoms with E-state index in [9.17, 15) is 9.59 Å². The number of aryl methyl sites for hydroxylation is 1. The minimum absolute atomic E-state index is 0.204. The number of carbonyl (C=O) groups is 2. The van der Waals surface area contributed by atoms with Crippen molar-refractivity contribution in [2.75, 3.05) is 10.6 Å². The number of ether oxygens (including phenoxy) is 3. The van der Waals surface area contributed by atoms with Crippen LogP contribution < -0.4 is 10.6 Å². The standard InChI is InChI=1S/C26H35N7O6/c1-4-15(5-2)28-23-19-24(31-26(30-23)29-17-9-7-8-10-17)33(12-27-19)25-22(37-14-35)21(36-13-34)20(38-25)18-11-16(6-3)32-39-18/h11-15,17,20-22,25H,4-10H2,1-3H3,(H2,28,29,30,31)/t20-,21+,22-,25-/m1/s1. The molecule has 1 saturated carbocycles. The zero-order chi connectivity index (χ0) is 27.4. The van der Waals surface area contributed by atoms with Gasteiger partial charge in [-0.3, -0.25) is 14.2 Å². The van der Waals surface area contributed by atoms with E-state index in [1.165, 1.54) is 0 Å². The van der Waals surface area contributed by atoms with E-state index < -0.39 is 24.5 Å². The lowest BCUT2D eigenvalue weighted by Gasteiger charge is -2.22. The van der Waals surface area contributed by atoms with Gasteiger partial charge in [0.2, 0.25) is 5.95 Å². The summed E-state index contributed by atoms with van der Waals surface area (Å²) in [6.07, 6.45) is 4.74. The molecule has 0 aromatic carbocycles. The topological polar surface area (TPSA) is 156 Å². The molecule has 4 atom stereocenters. The van der Waals surface area contributed by atoms with Gasteiger partial charge < -0.3 is 29.4 Å². The SMILES string of the molecule is CCc1cc([C@H]2O[C@@H](n3cnc4c(NC(CC)CC)nc(NC5CCCC5)nc43)[C@H](OC=O)[C@H]2OC=O)on1. The zero-order valence-corrected chi connectivity index (χ0v) is 22.4. The highest BCUT2D eigenvalue weighted by atomic mass is 16.6. The maximum atomic E-state index is 11.5. The second-order valence-electron chi connectivity index (χ2n) is 9.92. The van der Waals surface area contributed by atoms with Crippen LogP contribution in [0, 0.1) is 0 Å². The van der Waals surface area contributed by atoms with E-state index in [0.29, 0.717) is 54.1 Å². The summed E-state index contributed by atoms with van der Waals surface area (Å²) in [5, 5.41) is 11.0. The fraction of sp³-hybridized carbons (Fsp3) is 0.615. The molecule has 0 bridgehead atoms. The fourth-order valence-electron chi connectivity index (χ4n) is 5.35. The van der Waals surface area contributed by atoms with E-state index in [1.807, 2.05) is 6.92 Å². The molecule has 5 rings (SSSR count). The van der Waals surface area contributed by atoms with Crippen molar-refractivity contribution in [2.24, 2.45) is 0 Å². The Kier molecular flexibility index (Phi) is 8.24. The van der Waals surface area contributed by atoms with E-state index in [2.05, 4.69) is 34.6 Å². The first kappa shape index (κ1) is 26.9. The number of nitrogens with one attached hydrogen (secondary N) is 2. The predicted octanol–water partition coefficient (Wildman–Crippen LogP) is 3.69. The van der Waals surface area contributed by atoms with Crippen molar-refractivity contribution in [3.05, 3.63) is 23.8 Å². The number of carbonyl (C=O) groups excluding carboxylic acids is 2. The molecule has 2 N–H and O–H groups in total. The molecule has 39 heavy (non-hydrogen) atoms. The van der Waals surface area contributed by atoms with E-state index in [1.54, 1.807) is 17.0 Å². The highest BCUT2D eigenvalue weighted by molar-refractivity contribution is 5.84. The van der Waals surface area contributed by atoms with Crippen LogP contribution in [0.1, 0.15) is 83.1 Å². The summed E-state index contributed by atoms with van der Waals surface area (Å²) >= 11 is 0. The third kappa shape index (κ3) is 5.40. The number of aromatic nitrogens is 5. The molecule has 1 saturated heterocycles. The van der Waals surface area contributed by atoms with Crippen LogP contribution in [0.5, 0.6) is 0 Å². The number of hydrogen-bond donors (Lipinski definition) is 2. The van der Waals surface area contributed by atoms with Crippen molar-refractivity contribution in [1.82, 2.24) is 24.7 Å². The summed E-state index contributed by atoms with van der Waals surface area (Å²) in [4.78, 5) is 37.2. The maximum Gasteiger partial charge on any atom is 0.293 e. The van der Waals surface area contributed by atoms with Gasteiger partial charge in [-0.05, 0) is 32.1 Å². The molecule has 1 aliphatic carbocycles. The van der Waals surface area contributed by atoms with Crippen LogP contribution in [-0.4, -0.2) is 61.9 Å². The Balaban J connectivity index is 1.57. The van der Waals surface area contributed by atoms with E-state index in [4.69, 9.17) is 28.7 Å². The minimum atomic E-state index is -0.998. The van der Waals surface area contributed by atoms with Gasteiger partial charge in [0.15, 0.2) is 47.3 Å². The zero-order valence-electron chi connectivity index (χ0n) is 22.4. The number of nitrogens with zero attached hydrogens (tertiary/aromatic N) is 5. The Morgan fingerprint density at radius 2 is 1.85 bits per heavy atom. The number of hydrogen-bond acceptors (Lipinski definition) is 12. The van der Waals surface area contributed by atoms with Crippen molar-refractivity contribution in [3.63, 3.8) is 0 Å². The number of anilines is 2. The summed E-state index contributed by atoms with van der Waals surface area (Å²) in [7, 11) is 0. The van der Waals surface area contributed by atoms with Crippen molar-refractivity contribution in [3.8, 4) is 0 Å². The van der Waals surface area contributed by atoms with Gasteiger partial charge in [0.05, 0.1) is 12.0 Å². The summed E-state index contributed by atoms with van der Waals surface area (Å²) in [6.45, 7) is 6.79. The molecule has 2 aliphatic rings. The largest absolute Gasteiger partial charge is 0.457 e. The molecule has 0 unspecified atom stereocenters. The third-order valence-electron chi connectivity index (χ3n) is 7.54. The first-order valence-corrected chi connectivity index (χ1v) is 13.7. The minimum Gasteiger partial charge on any atom is -0.457 e. The Bertz CT molecular complexity index is 1270. The second-order valence-corrected chi connectivity index (χ2v) is 9.92.